The Balaban J connectivity index is 2.03. The van der Waals surface area contributed by atoms with Crippen molar-refractivity contribution in [2.45, 2.75) is 13.1 Å². The molecule has 1 aromatic carbocycles. The number of nitrogens with zero attached hydrogens (tertiary/aromatic N) is 1. The lowest BCUT2D eigenvalue weighted by molar-refractivity contribution is -0.385. The van der Waals surface area contributed by atoms with Crippen LogP contribution in [0.5, 0.6) is 0 Å². The van der Waals surface area contributed by atoms with Crippen LogP contribution >= 0.6 is 11.3 Å². The molecule has 1 N–H and O–H groups in total. The number of nitro groups is 1. The van der Waals surface area contributed by atoms with Gasteiger partial charge in [-0.25, -0.2) is 4.39 Å². The molecule has 6 heteroatoms. The molecule has 0 aliphatic rings. The molecular formula is C12H11FN2O2S. The van der Waals surface area contributed by atoms with Gasteiger partial charge < -0.3 is 5.32 Å². The summed E-state index contributed by atoms with van der Waals surface area (Å²) in [7, 11) is 0. The largest absolute Gasteiger partial charge is 0.308 e. The number of nitro benzene ring substituents is 1. The van der Waals surface area contributed by atoms with E-state index in [1.807, 2.05) is 16.8 Å². The van der Waals surface area contributed by atoms with Gasteiger partial charge in [0.1, 0.15) is 5.82 Å². The molecule has 2 aromatic rings. The minimum atomic E-state index is -0.499. The number of benzene rings is 1. The Morgan fingerprint density at radius 2 is 2.17 bits per heavy atom. The van der Waals surface area contributed by atoms with Gasteiger partial charge in [-0.3, -0.25) is 10.1 Å². The van der Waals surface area contributed by atoms with Gasteiger partial charge in [0.15, 0.2) is 0 Å². The number of hydrogen-bond acceptors (Lipinski definition) is 4. The van der Waals surface area contributed by atoms with E-state index in [1.165, 1.54) is 12.1 Å². The summed E-state index contributed by atoms with van der Waals surface area (Å²) >= 11 is 1.59. The SMILES string of the molecule is O=[N+]([O-])c1ccc(F)cc1CNCc1ccsc1. The third-order valence-corrected chi connectivity index (χ3v) is 3.19. The molecule has 0 amide bonds. The van der Waals surface area contributed by atoms with Gasteiger partial charge in [0.05, 0.1) is 4.92 Å². The van der Waals surface area contributed by atoms with Crippen molar-refractivity contribution in [2.75, 3.05) is 0 Å². The van der Waals surface area contributed by atoms with Crippen molar-refractivity contribution >= 4 is 17.0 Å². The van der Waals surface area contributed by atoms with Gasteiger partial charge in [-0.1, -0.05) is 0 Å². The highest BCUT2D eigenvalue weighted by Gasteiger charge is 2.13. The van der Waals surface area contributed by atoms with E-state index >= 15 is 0 Å². The van der Waals surface area contributed by atoms with Crippen molar-refractivity contribution in [2.24, 2.45) is 0 Å². The maximum absolute atomic E-state index is 13.1. The Bertz CT molecular complexity index is 543. The normalized spacial score (nSPS) is 10.5. The zero-order chi connectivity index (χ0) is 13.0. The molecule has 0 bridgehead atoms. The average Bonchev–Trinajstić information content (AvgIpc) is 2.82. The molecule has 0 aliphatic carbocycles. The Morgan fingerprint density at radius 3 is 2.83 bits per heavy atom. The van der Waals surface area contributed by atoms with Crippen LogP contribution in [0.3, 0.4) is 0 Å². The van der Waals surface area contributed by atoms with E-state index < -0.39 is 10.7 Å². The van der Waals surface area contributed by atoms with Crippen molar-refractivity contribution in [3.05, 3.63) is 62.1 Å². The third-order valence-electron chi connectivity index (χ3n) is 2.46. The first-order valence-electron chi connectivity index (χ1n) is 5.31. The van der Waals surface area contributed by atoms with Crippen molar-refractivity contribution < 1.29 is 9.31 Å². The highest BCUT2D eigenvalue weighted by Crippen LogP contribution is 2.19. The van der Waals surface area contributed by atoms with Crippen LogP contribution in [-0.4, -0.2) is 4.92 Å². The lowest BCUT2D eigenvalue weighted by atomic mass is 10.1. The van der Waals surface area contributed by atoms with Crippen molar-refractivity contribution in [3.63, 3.8) is 0 Å². The van der Waals surface area contributed by atoms with Crippen LogP contribution in [0.1, 0.15) is 11.1 Å². The number of thiophene rings is 1. The predicted molar refractivity (Wildman–Crippen MR) is 67.9 cm³/mol. The van der Waals surface area contributed by atoms with Crippen LogP contribution < -0.4 is 5.32 Å². The zero-order valence-corrected chi connectivity index (χ0v) is 10.2. The fraction of sp³-hybridized carbons (Fsp3) is 0.167. The van der Waals surface area contributed by atoms with Gasteiger partial charge in [0.2, 0.25) is 0 Å². The van der Waals surface area contributed by atoms with E-state index in [0.29, 0.717) is 12.1 Å². The summed E-state index contributed by atoms with van der Waals surface area (Å²) in [5.41, 5.74) is 1.41. The van der Waals surface area contributed by atoms with E-state index in [-0.39, 0.29) is 12.2 Å². The second kappa shape index (κ2) is 5.70. The fourth-order valence-electron chi connectivity index (χ4n) is 1.61. The molecular weight excluding hydrogens is 255 g/mol. The summed E-state index contributed by atoms with van der Waals surface area (Å²) in [4.78, 5) is 10.3. The number of halogens is 1. The van der Waals surface area contributed by atoms with Crippen LogP contribution in [0.25, 0.3) is 0 Å². The van der Waals surface area contributed by atoms with Gasteiger partial charge in [0, 0.05) is 24.7 Å². The van der Waals surface area contributed by atoms with Crippen molar-refractivity contribution in [1.82, 2.24) is 5.32 Å². The highest BCUT2D eigenvalue weighted by molar-refractivity contribution is 7.07. The number of nitrogens with one attached hydrogen (secondary N) is 1. The van der Waals surface area contributed by atoms with Crippen LogP contribution in [0.2, 0.25) is 0 Å². The molecule has 0 saturated heterocycles. The average molecular weight is 266 g/mol. The predicted octanol–water partition coefficient (Wildman–Crippen LogP) is 3.09. The first kappa shape index (κ1) is 12.7. The maximum Gasteiger partial charge on any atom is 0.274 e. The van der Waals surface area contributed by atoms with E-state index in [0.717, 1.165) is 11.6 Å². The van der Waals surface area contributed by atoms with Crippen LogP contribution in [0.4, 0.5) is 10.1 Å². The molecule has 2 rings (SSSR count). The van der Waals surface area contributed by atoms with Crippen LogP contribution in [0.15, 0.2) is 35.0 Å². The van der Waals surface area contributed by atoms with E-state index in [2.05, 4.69) is 5.32 Å². The molecule has 0 saturated carbocycles. The summed E-state index contributed by atoms with van der Waals surface area (Å²) in [6, 6.07) is 5.45. The topological polar surface area (TPSA) is 55.2 Å². The summed E-state index contributed by atoms with van der Waals surface area (Å²) in [6.07, 6.45) is 0. The highest BCUT2D eigenvalue weighted by atomic mass is 32.1. The van der Waals surface area contributed by atoms with Crippen LogP contribution in [0, 0.1) is 15.9 Å². The van der Waals surface area contributed by atoms with Crippen LogP contribution in [-0.2, 0) is 13.1 Å². The van der Waals surface area contributed by atoms with Gasteiger partial charge in [-0.15, -0.1) is 0 Å². The fourth-order valence-corrected chi connectivity index (χ4v) is 2.28. The minimum absolute atomic E-state index is 0.0609. The number of hydrogen-bond donors (Lipinski definition) is 1. The van der Waals surface area contributed by atoms with Crippen molar-refractivity contribution in [1.29, 1.82) is 0 Å². The lowest BCUT2D eigenvalue weighted by Gasteiger charge is -2.05. The molecule has 4 nitrogen and oxygen atoms in total. The molecule has 0 spiro atoms. The second-order valence-corrected chi connectivity index (χ2v) is 4.55. The van der Waals surface area contributed by atoms with E-state index in [1.54, 1.807) is 11.3 Å². The molecule has 0 fully saturated rings. The first-order valence-corrected chi connectivity index (χ1v) is 6.25. The lowest BCUT2D eigenvalue weighted by Crippen LogP contribution is -2.13. The number of rotatable bonds is 5. The first-order chi connectivity index (χ1) is 8.66. The summed E-state index contributed by atoms with van der Waals surface area (Å²) in [5, 5.41) is 17.8. The molecule has 1 heterocycles. The zero-order valence-electron chi connectivity index (χ0n) is 9.43. The summed E-state index contributed by atoms with van der Waals surface area (Å²) < 4.78 is 13.1. The molecule has 94 valence electrons. The Kier molecular flexibility index (Phi) is 4.01. The molecule has 0 aliphatic heterocycles. The van der Waals surface area contributed by atoms with Gasteiger partial charge in [-0.05, 0) is 34.5 Å². The van der Waals surface area contributed by atoms with Crippen molar-refractivity contribution in [3.8, 4) is 0 Å². The molecule has 1 aromatic heterocycles. The summed E-state index contributed by atoms with van der Waals surface area (Å²) in [5.74, 6) is -0.465. The second-order valence-electron chi connectivity index (χ2n) is 3.77. The monoisotopic (exact) mass is 266 g/mol. The molecule has 18 heavy (non-hydrogen) atoms. The van der Waals surface area contributed by atoms with E-state index in [4.69, 9.17) is 0 Å². The standard InChI is InChI=1S/C12H11FN2O2S/c13-11-1-2-12(15(16)17)10(5-11)7-14-6-9-3-4-18-8-9/h1-5,8,14H,6-7H2. The van der Waals surface area contributed by atoms with Gasteiger partial charge >= 0.3 is 0 Å². The maximum atomic E-state index is 13.1. The summed E-state index contributed by atoms with van der Waals surface area (Å²) in [6.45, 7) is 0.876. The van der Waals surface area contributed by atoms with Gasteiger partial charge in [-0.2, -0.15) is 11.3 Å². The Morgan fingerprint density at radius 1 is 1.33 bits per heavy atom. The van der Waals surface area contributed by atoms with E-state index in [9.17, 15) is 14.5 Å². The Labute approximate surface area is 107 Å². The molecule has 0 radical (unpaired) electrons. The molecule has 0 unspecified atom stereocenters. The smallest absolute Gasteiger partial charge is 0.274 e. The minimum Gasteiger partial charge on any atom is -0.308 e. The molecule has 0 atom stereocenters. The quantitative estimate of drug-likeness (QED) is 0.668. The Hall–Kier alpha value is -1.79. The third kappa shape index (κ3) is 3.12. The van der Waals surface area contributed by atoms with Gasteiger partial charge in [0.25, 0.3) is 5.69 Å².